The number of hydrogen-bond donors (Lipinski definition) is 1. The largest absolute Gasteiger partial charge is 0.322 e. The number of nitrogens with one attached hydrogen (secondary N) is 1. The minimum absolute atomic E-state index is 0.235. The Morgan fingerprint density at radius 3 is 2.55 bits per heavy atom. The molecule has 0 unspecified atom stereocenters. The van der Waals surface area contributed by atoms with Crippen molar-refractivity contribution in [3.63, 3.8) is 0 Å². The van der Waals surface area contributed by atoms with Crippen molar-refractivity contribution in [2.45, 2.75) is 20.3 Å². The fourth-order valence-electron chi connectivity index (χ4n) is 3.12. The summed E-state index contributed by atoms with van der Waals surface area (Å²) in [7, 11) is 0. The molecule has 146 valence electrons. The summed E-state index contributed by atoms with van der Waals surface area (Å²) in [6.45, 7) is 3.79. The van der Waals surface area contributed by atoms with Gasteiger partial charge < -0.3 is 5.32 Å². The number of halogens is 1. The fourth-order valence-corrected chi connectivity index (χ4v) is 3.30. The lowest BCUT2D eigenvalue weighted by Gasteiger charge is -2.10. The number of benzene rings is 2. The average molecular weight is 408 g/mol. The van der Waals surface area contributed by atoms with E-state index in [2.05, 4.69) is 25.9 Å². The maximum Gasteiger partial charge on any atom is 0.259 e. The lowest BCUT2D eigenvalue weighted by atomic mass is 10.1. The molecule has 1 amide bonds. The highest BCUT2D eigenvalue weighted by Crippen LogP contribution is 2.21. The highest BCUT2D eigenvalue weighted by Gasteiger charge is 2.18. The van der Waals surface area contributed by atoms with E-state index < -0.39 is 0 Å². The molecule has 4 rings (SSSR count). The van der Waals surface area contributed by atoms with Gasteiger partial charge in [0.15, 0.2) is 5.82 Å². The summed E-state index contributed by atoms with van der Waals surface area (Å²) in [6.07, 6.45) is 2.21. The maximum atomic E-state index is 12.9. The zero-order valence-corrected chi connectivity index (χ0v) is 16.6. The molecule has 0 atom stereocenters. The number of amides is 1. The molecule has 0 aliphatic carbocycles. The van der Waals surface area contributed by atoms with Gasteiger partial charge in [-0.05, 0) is 60.2 Å². The number of carbonyl (C=O) groups excluding carboxylic acids is 1. The molecule has 2 aromatic carbocycles. The maximum absolute atomic E-state index is 12.9. The predicted octanol–water partition coefficient (Wildman–Crippen LogP) is 3.62. The van der Waals surface area contributed by atoms with Gasteiger partial charge in [0.25, 0.3) is 5.91 Å². The first-order valence-electron chi connectivity index (χ1n) is 9.06. The van der Waals surface area contributed by atoms with Crippen LogP contribution in [0.25, 0.3) is 11.4 Å². The summed E-state index contributed by atoms with van der Waals surface area (Å²) in [4.78, 5) is 12.9. The minimum Gasteiger partial charge on any atom is -0.322 e. The first-order valence-corrected chi connectivity index (χ1v) is 9.44. The van der Waals surface area contributed by atoms with Crippen LogP contribution in [0, 0.1) is 6.92 Å². The topological polar surface area (TPSA) is 90.5 Å². The van der Waals surface area contributed by atoms with Gasteiger partial charge in [-0.15, -0.1) is 5.10 Å². The van der Waals surface area contributed by atoms with E-state index in [0.29, 0.717) is 28.5 Å². The Bertz CT molecular complexity index is 1180. The van der Waals surface area contributed by atoms with Crippen LogP contribution >= 0.6 is 11.6 Å². The van der Waals surface area contributed by atoms with E-state index >= 15 is 0 Å². The molecule has 2 heterocycles. The molecule has 0 aliphatic rings. The van der Waals surface area contributed by atoms with Crippen LogP contribution < -0.4 is 5.32 Å². The Kier molecular flexibility index (Phi) is 5.09. The number of anilines is 1. The zero-order valence-electron chi connectivity index (χ0n) is 15.9. The molecular formula is C20H18ClN7O. The summed E-state index contributed by atoms with van der Waals surface area (Å²) >= 11 is 6.10. The Morgan fingerprint density at radius 2 is 1.86 bits per heavy atom. The van der Waals surface area contributed by atoms with E-state index in [-0.39, 0.29) is 5.91 Å². The van der Waals surface area contributed by atoms with Crippen LogP contribution in [-0.4, -0.2) is 35.9 Å². The van der Waals surface area contributed by atoms with E-state index in [0.717, 1.165) is 17.1 Å². The number of aryl methyl sites for hydroxylation is 1. The molecule has 0 radical (unpaired) electrons. The highest BCUT2D eigenvalue weighted by atomic mass is 35.5. The first kappa shape index (κ1) is 18.8. The Hall–Kier alpha value is -3.52. The molecule has 0 saturated heterocycles. The third-order valence-electron chi connectivity index (χ3n) is 4.48. The Morgan fingerprint density at radius 1 is 1.10 bits per heavy atom. The van der Waals surface area contributed by atoms with Crippen molar-refractivity contribution in [3.05, 3.63) is 76.8 Å². The van der Waals surface area contributed by atoms with Crippen molar-refractivity contribution >= 4 is 23.2 Å². The van der Waals surface area contributed by atoms with Crippen molar-refractivity contribution in [3.8, 4) is 11.4 Å². The molecule has 8 nitrogen and oxygen atoms in total. The van der Waals surface area contributed by atoms with Gasteiger partial charge in [0.2, 0.25) is 0 Å². The molecule has 9 heteroatoms. The van der Waals surface area contributed by atoms with Gasteiger partial charge in [-0.3, -0.25) is 4.79 Å². The summed E-state index contributed by atoms with van der Waals surface area (Å²) in [5.41, 5.74) is 3.52. The van der Waals surface area contributed by atoms with Gasteiger partial charge in [-0.2, -0.15) is 9.78 Å². The van der Waals surface area contributed by atoms with Crippen LogP contribution in [0.1, 0.15) is 28.8 Å². The number of rotatable bonds is 5. The van der Waals surface area contributed by atoms with Gasteiger partial charge >= 0.3 is 0 Å². The number of aromatic nitrogens is 6. The first-order chi connectivity index (χ1) is 14.1. The monoisotopic (exact) mass is 407 g/mol. The van der Waals surface area contributed by atoms with Crippen LogP contribution in [0.2, 0.25) is 5.02 Å². The minimum atomic E-state index is -0.235. The lowest BCUT2D eigenvalue weighted by molar-refractivity contribution is 0.102. The van der Waals surface area contributed by atoms with Crippen molar-refractivity contribution in [2.24, 2.45) is 0 Å². The number of hydrogen-bond acceptors (Lipinski definition) is 5. The molecule has 0 bridgehead atoms. The van der Waals surface area contributed by atoms with Crippen LogP contribution in [0.5, 0.6) is 0 Å². The van der Waals surface area contributed by atoms with Crippen molar-refractivity contribution in [2.75, 3.05) is 5.32 Å². The van der Waals surface area contributed by atoms with Crippen molar-refractivity contribution in [1.82, 2.24) is 30.0 Å². The Balaban J connectivity index is 1.62. The van der Waals surface area contributed by atoms with Crippen LogP contribution in [0.4, 0.5) is 5.69 Å². The standard InChI is InChI=1S/C20H18ClN7O/c1-3-19-18(12-22-28(19)16-8-4-6-14(21)10-16)20(29)23-15-7-5-9-17(11-15)27-13(2)24-25-26-27/h4-12H,3H2,1-2H3,(H,23,29). The van der Waals surface area contributed by atoms with E-state index in [1.165, 1.54) is 0 Å². The third-order valence-corrected chi connectivity index (χ3v) is 4.71. The smallest absolute Gasteiger partial charge is 0.259 e. The summed E-state index contributed by atoms with van der Waals surface area (Å²) in [5, 5.41) is 19.4. The van der Waals surface area contributed by atoms with Crippen molar-refractivity contribution < 1.29 is 4.79 Å². The number of nitrogens with zero attached hydrogens (tertiary/aromatic N) is 6. The Labute approximate surface area is 172 Å². The zero-order chi connectivity index (χ0) is 20.4. The second-order valence-electron chi connectivity index (χ2n) is 6.39. The molecule has 4 aromatic rings. The van der Waals surface area contributed by atoms with Gasteiger partial charge in [-0.25, -0.2) is 4.68 Å². The fraction of sp³-hybridized carbons (Fsp3) is 0.150. The van der Waals surface area contributed by atoms with E-state index in [4.69, 9.17) is 11.6 Å². The van der Waals surface area contributed by atoms with Gasteiger partial charge in [0, 0.05) is 10.7 Å². The highest BCUT2D eigenvalue weighted by molar-refractivity contribution is 6.30. The van der Waals surface area contributed by atoms with Gasteiger partial charge in [-0.1, -0.05) is 30.7 Å². The number of tetrazole rings is 1. The van der Waals surface area contributed by atoms with Gasteiger partial charge in [0.05, 0.1) is 28.8 Å². The molecule has 29 heavy (non-hydrogen) atoms. The summed E-state index contributed by atoms with van der Waals surface area (Å²) in [5.74, 6) is 0.422. The van der Waals surface area contributed by atoms with Crippen LogP contribution in [0.15, 0.2) is 54.7 Å². The summed E-state index contributed by atoms with van der Waals surface area (Å²) < 4.78 is 3.34. The van der Waals surface area contributed by atoms with E-state index in [9.17, 15) is 4.79 Å². The molecular weight excluding hydrogens is 390 g/mol. The quantitative estimate of drug-likeness (QED) is 0.545. The normalized spacial score (nSPS) is 10.9. The van der Waals surface area contributed by atoms with Crippen molar-refractivity contribution in [1.29, 1.82) is 0 Å². The van der Waals surface area contributed by atoms with E-state index in [1.807, 2.05) is 56.3 Å². The second kappa shape index (κ2) is 7.84. The molecule has 0 saturated carbocycles. The molecule has 0 fully saturated rings. The second-order valence-corrected chi connectivity index (χ2v) is 6.83. The molecule has 0 aliphatic heterocycles. The molecule has 1 N–H and O–H groups in total. The average Bonchev–Trinajstić information content (AvgIpc) is 3.34. The third kappa shape index (κ3) is 3.74. The molecule has 2 aromatic heterocycles. The predicted molar refractivity (Wildman–Crippen MR) is 110 cm³/mol. The molecule has 0 spiro atoms. The lowest BCUT2D eigenvalue weighted by Crippen LogP contribution is -2.14. The summed E-state index contributed by atoms with van der Waals surface area (Å²) in [6, 6.07) is 14.7. The number of carbonyl (C=O) groups is 1. The van der Waals surface area contributed by atoms with Crippen LogP contribution in [-0.2, 0) is 6.42 Å². The van der Waals surface area contributed by atoms with Crippen LogP contribution in [0.3, 0.4) is 0 Å². The van der Waals surface area contributed by atoms with E-state index in [1.54, 1.807) is 21.6 Å². The SMILES string of the molecule is CCc1c(C(=O)Nc2cccc(-n3nnnc3C)c2)cnn1-c1cccc(Cl)c1. The van der Waals surface area contributed by atoms with Gasteiger partial charge in [0.1, 0.15) is 0 Å².